The number of anilines is 3. The van der Waals surface area contributed by atoms with Gasteiger partial charge in [0.2, 0.25) is 5.43 Å². The zero-order valence-corrected chi connectivity index (χ0v) is 32.5. The number of ether oxygens (including phenoxy) is 2. The summed E-state index contributed by atoms with van der Waals surface area (Å²) >= 11 is 0. The van der Waals surface area contributed by atoms with Crippen LogP contribution in [-0.4, -0.2) is 33.7 Å². The summed E-state index contributed by atoms with van der Waals surface area (Å²) < 4.78 is 14.0. The maximum Gasteiger partial charge on any atom is 0.335 e. The summed E-state index contributed by atoms with van der Waals surface area (Å²) in [6.07, 6.45) is 9.32. The molecule has 0 unspecified atom stereocenters. The van der Waals surface area contributed by atoms with Crippen LogP contribution < -0.4 is 19.8 Å². The van der Waals surface area contributed by atoms with Crippen molar-refractivity contribution in [3.05, 3.63) is 137 Å². The van der Waals surface area contributed by atoms with Gasteiger partial charge in [0.05, 0.1) is 29.8 Å². The standard InChI is InChI=1S/C49H47N3O5/c1-3-5-7-9-27-56-41-21-17-39(18-22-41)51(40-19-23-42(24-20-40)57-28-10-8-6-4-2)38-15-11-33(12-16-38)36-29-34-14-26-45(53)48-47(34)37(30-36)32-46-50-43-31-35(49(54)55)13-25-44(43)52(46)48/h11-26,29-32H,3-10,27-28H2,1-2H3,(H,54,55). The molecule has 6 aromatic carbocycles. The van der Waals surface area contributed by atoms with Gasteiger partial charge < -0.3 is 19.5 Å². The third-order valence-corrected chi connectivity index (χ3v) is 10.7. The van der Waals surface area contributed by atoms with Crippen LogP contribution in [0.3, 0.4) is 0 Å². The minimum atomic E-state index is -1.02. The lowest BCUT2D eigenvalue weighted by atomic mass is 9.96. The van der Waals surface area contributed by atoms with Gasteiger partial charge in [0.25, 0.3) is 0 Å². The molecule has 8 rings (SSSR count). The molecule has 8 aromatic rings. The summed E-state index contributed by atoms with van der Waals surface area (Å²) in [5.74, 6) is 0.706. The molecule has 0 aliphatic carbocycles. The molecule has 0 radical (unpaired) electrons. The molecule has 0 amide bonds. The van der Waals surface area contributed by atoms with Crippen LogP contribution in [0.2, 0.25) is 0 Å². The molecule has 57 heavy (non-hydrogen) atoms. The third-order valence-electron chi connectivity index (χ3n) is 10.7. The van der Waals surface area contributed by atoms with Gasteiger partial charge in [-0.15, -0.1) is 0 Å². The van der Waals surface area contributed by atoms with E-state index in [2.05, 4.69) is 79.4 Å². The number of carbonyl (C=O) groups is 1. The number of nitrogens with zero attached hydrogens (tertiary/aromatic N) is 3. The number of pyridine rings is 1. The first-order valence-electron chi connectivity index (χ1n) is 20.2. The summed E-state index contributed by atoms with van der Waals surface area (Å²) in [6, 6.07) is 39.6. The molecular weight excluding hydrogens is 711 g/mol. The number of carboxylic acid groups (broad SMARTS) is 1. The second kappa shape index (κ2) is 16.8. The molecule has 0 saturated carbocycles. The van der Waals surface area contributed by atoms with Crippen LogP contribution in [0.1, 0.15) is 75.6 Å². The number of carboxylic acids is 1. The minimum Gasteiger partial charge on any atom is -0.494 e. The number of imidazole rings is 1. The van der Waals surface area contributed by atoms with Gasteiger partial charge in [-0.05, 0) is 138 Å². The van der Waals surface area contributed by atoms with Crippen LogP contribution in [0.5, 0.6) is 11.5 Å². The van der Waals surface area contributed by atoms with Crippen molar-refractivity contribution in [1.29, 1.82) is 0 Å². The van der Waals surface area contributed by atoms with Crippen LogP contribution in [-0.2, 0) is 0 Å². The van der Waals surface area contributed by atoms with E-state index in [0.717, 1.165) is 68.7 Å². The summed E-state index contributed by atoms with van der Waals surface area (Å²) in [7, 11) is 0. The smallest absolute Gasteiger partial charge is 0.335 e. The molecule has 8 nitrogen and oxygen atoms in total. The quantitative estimate of drug-likeness (QED) is 0.0924. The summed E-state index contributed by atoms with van der Waals surface area (Å²) in [4.78, 5) is 32.1. The Morgan fingerprint density at radius 1 is 0.632 bits per heavy atom. The summed E-state index contributed by atoms with van der Waals surface area (Å²) in [6.45, 7) is 5.86. The van der Waals surface area contributed by atoms with Gasteiger partial charge in [0.15, 0.2) is 0 Å². The Morgan fingerprint density at radius 2 is 1.21 bits per heavy atom. The van der Waals surface area contributed by atoms with Crippen LogP contribution in [0.25, 0.3) is 49.5 Å². The Hall–Kier alpha value is -6.41. The first-order chi connectivity index (χ1) is 27.9. The van der Waals surface area contributed by atoms with Crippen molar-refractivity contribution >= 4 is 61.4 Å². The minimum absolute atomic E-state index is 0.116. The van der Waals surface area contributed by atoms with E-state index in [0.29, 0.717) is 35.4 Å². The number of fused-ring (bicyclic) bond motifs is 4. The van der Waals surface area contributed by atoms with Crippen LogP contribution in [0.4, 0.5) is 17.1 Å². The molecule has 1 N–H and O–H groups in total. The van der Waals surface area contributed by atoms with Gasteiger partial charge in [-0.1, -0.05) is 70.6 Å². The lowest BCUT2D eigenvalue weighted by Gasteiger charge is -2.26. The van der Waals surface area contributed by atoms with Crippen molar-refractivity contribution in [2.75, 3.05) is 18.1 Å². The van der Waals surface area contributed by atoms with E-state index in [1.165, 1.54) is 38.5 Å². The maximum atomic E-state index is 13.4. The molecule has 0 atom stereocenters. The predicted molar refractivity (Wildman–Crippen MR) is 232 cm³/mol. The molecule has 0 aliphatic heterocycles. The fourth-order valence-corrected chi connectivity index (χ4v) is 7.74. The second-order valence-electron chi connectivity index (χ2n) is 14.7. The average Bonchev–Trinajstić information content (AvgIpc) is 3.60. The average molecular weight is 758 g/mol. The lowest BCUT2D eigenvalue weighted by molar-refractivity contribution is 0.0697. The van der Waals surface area contributed by atoms with Crippen molar-refractivity contribution in [3.63, 3.8) is 0 Å². The summed E-state index contributed by atoms with van der Waals surface area (Å²) in [5.41, 5.74) is 7.45. The molecule has 8 heteroatoms. The van der Waals surface area contributed by atoms with E-state index in [1.807, 2.05) is 40.8 Å². The van der Waals surface area contributed by atoms with Crippen LogP contribution in [0, 0.1) is 0 Å². The highest BCUT2D eigenvalue weighted by Crippen LogP contribution is 2.39. The van der Waals surface area contributed by atoms with Crippen molar-refractivity contribution in [2.45, 2.75) is 65.2 Å². The molecule has 0 saturated heterocycles. The van der Waals surface area contributed by atoms with Gasteiger partial charge in [-0.25, -0.2) is 9.78 Å². The molecule has 0 bridgehead atoms. The number of hydrogen-bond acceptors (Lipinski definition) is 6. The number of rotatable bonds is 17. The van der Waals surface area contributed by atoms with E-state index < -0.39 is 5.97 Å². The van der Waals surface area contributed by atoms with Crippen LogP contribution in [0.15, 0.2) is 126 Å². The molecule has 288 valence electrons. The van der Waals surface area contributed by atoms with Gasteiger partial charge >= 0.3 is 5.97 Å². The highest BCUT2D eigenvalue weighted by molar-refractivity contribution is 6.13. The molecule has 0 spiro atoms. The SMILES string of the molecule is CCCCCCOc1ccc(N(c2ccc(OCCCCCC)cc2)c2ccc(-c3cc4ccc(=O)c5c4c(c3)cc3nc4cc(C(=O)O)ccc4n35)cc2)cc1. The van der Waals surface area contributed by atoms with Gasteiger partial charge in [-0.2, -0.15) is 0 Å². The van der Waals surface area contributed by atoms with Crippen molar-refractivity contribution in [1.82, 2.24) is 9.38 Å². The summed E-state index contributed by atoms with van der Waals surface area (Å²) in [5, 5.41) is 12.2. The fraction of sp³-hybridized carbons (Fsp3) is 0.245. The number of aromatic nitrogens is 2. The zero-order chi connectivity index (χ0) is 39.3. The zero-order valence-electron chi connectivity index (χ0n) is 32.5. The Kier molecular flexibility index (Phi) is 11.0. The highest BCUT2D eigenvalue weighted by Gasteiger charge is 2.18. The van der Waals surface area contributed by atoms with Crippen molar-refractivity contribution in [3.8, 4) is 22.6 Å². The van der Waals surface area contributed by atoms with Crippen molar-refractivity contribution in [2.24, 2.45) is 0 Å². The van der Waals surface area contributed by atoms with E-state index in [1.54, 1.807) is 24.3 Å². The number of benzene rings is 6. The van der Waals surface area contributed by atoms with Gasteiger partial charge in [0.1, 0.15) is 22.7 Å². The van der Waals surface area contributed by atoms with E-state index >= 15 is 0 Å². The molecular formula is C49H47N3O5. The number of hydrogen-bond donors (Lipinski definition) is 1. The fourth-order valence-electron chi connectivity index (χ4n) is 7.74. The molecule has 0 aliphatic rings. The van der Waals surface area contributed by atoms with Crippen molar-refractivity contribution < 1.29 is 19.4 Å². The maximum absolute atomic E-state index is 13.4. The Morgan fingerprint density at radius 3 is 1.79 bits per heavy atom. The normalized spacial score (nSPS) is 11.5. The number of unbranched alkanes of at least 4 members (excludes halogenated alkanes) is 6. The van der Waals surface area contributed by atoms with Gasteiger partial charge in [0, 0.05) is 22.4 Å². The lowest BCUT2D eigenvalue weighted by Crippen LogP contribution is -2.10. The molecule has 0 fully saturated rings. The Balaban J connectivity index is 1.12. The van der Waals surface area contributed by atoms with Crippen LogP contribution >= 0.6 is 0 Å². The largest absolute Gasteiger partial charge is 0.494 e. The second-order valence-corrected chi connectivity index (χ2v) is 14.7. The third kappa shape index (κ3) is 7.85. The van der Waals surface area contributed by atoms with Gasteiger partial charge in [-0.3, -0.25) is 9.20 Å². The first kappa shape index (κ1) is 37.5. The first-order valence-corrected chi connectivity index (χ1v) is 20.2. The molecule has 2 aromatic heterocycles. The Labute approximate surface area is 332 Å². The topological polar surface area (TPSA) is 93.4 Å². The van der Waals surface area contributed by atoms with E-state index in [-0.39, 0.29) is 11.0 Å². The molecule has 2 heterocycles. The van der Waals surface area contributed by atoms with E-state index in [9.17, 15) is 14.7 Å². The monoisotopic (exact) mass is 757 g/mol. The predicted octanol–water partition coefficient (Wildman–Crippen LogP) is 12.3. The highest BCUT2D eigenvalue weighted by atomic mass is 16.5. The number of aromatic carboxylic acids is 1. The Bertz CT molecular complexity index is 2650. The van der Waals surface area contributed by atoms with E-state index in [4.69, 9.17) is 14.5 Å².